The Morgan fingerprint density at radius 2 is 1.96 bits per heavy atom. The molecular formula is C19H24N2O5. The van der Waals surface area contributed by atoms with Gasteiger partial charge in [0, 0.05) is 31.7 Å². The normalized spacial score (nSPS) is 23.2. The van der Waals surface area contributed by atoms with E-state index in [4.69, 9.17) is 9.47 Å². The highest BCUT2D eigenvalue weighted by Gasteiger charge is 2.27. The van der Waals surface area contributed by atoms with E-state index in [0.29, 0.717) is 37.3 Å². The molecule has 0 aromatic heterocycles. The Hall–Kier alpha value is -2.41. The highest BCUT2D eigenvalue weighted by atomic mass is 16.5. The maximum atomic E-state index is 12.3. The lowest BCUT2D eigenvalue weighted by Gasteiger charge is -2.35. The van der Waals surface area contributed by atoms with Gasteiger partial charge in [-0.15, -0.1) is 0 Å². The summed E-state index contributed by atoms with van der Waals surface area (Å²) in [6.07, 6.45) is 1.28. The van der Waals surface area contributed by atoms with Gasteiger partial charge in [0.05, 0.1) is 17.8 Å². The van der Waals surface area contributed by atoms with Gasteiger partial charge in [0.25, 0.3) is 5.91 Å². The summed E-state index contributed by atoms with van der Waals surface area (Å²) >= 11 is 0. The summed E-state index contributed by atoms with van der Waals surface area (Å²) in [6.45, 7) is 5.16. The van der Waals surface area contributed by atoms with Crippen LogP contribution in [0.1, 0.15) is 37.0 Å². The van der Waals surface area contributed by atoms with Crippen molar-refractivity contribution < 1.29 is 23.9 Å². The summed E-state index contributed by atoms with van der Waals surface area (Å²) < 4.78 is 10.8. The second-order valence-corrected chi connectivity index (χ2v) is 6.83. The minimum Gasteiger partial charge on any atom is -0.452 e. The Balaban J connectivity index is 1.58. The first kappa shape index (κ1) is 18.4. The number of ether oxygens (including phenoxy) is 2. The van der Waals surface area contributed by atoms with Gasteiger partial charge in [-0.05, 0) is 38.5 Å². The van der Waals surface area contributed by atoms with E-state index in [0.717, 1.165) is 6.42 Å². The predicted octanol–water partition coefficient (Wildman–Crippen LogP) is 1.61. The molecule has 140 valence electrons. The van der Waals surface area contributed by atoms with Crippen molar-refractivity contribution in [2.45, 2.75) is 38.9 Å². The molecule has 0 unspecified atom stereocenters. The molecule has 2 amide bonds. The van der Waals surface area contributed by atoms with E-state index >= 15 is 0 Å². The zero-order valence-electron chi connectivity index (χ0n) is 15.1. The maximum Gasteiger partial charge on any atom is 0.338 e. The number of carbonyl (C=O) groups excluding carboxylic acids is 3. The quantitative estimate of drug-likeness (QED) is 0.763. The number of carbonyl (C=O) groups is 3. The molecule has 3 rings (SSSR count). The SMILES string of the molecule is C[C@H]1CN(C(=O)COC(=O)c2cccc(N3CCCC3=O)c2)C[C@H](C)O1. The number of benzene rings is 1. The topological polar surface area (TPSA) is 76.2 Å². The number of esters is 1. The largest absolute Gasteiger partial charge is 0.452 e. The van der Waals surface area contributed by atoms with Crippen molar-refractivity contribution >= 4 is 23.5 Å². The van der Waals surface area contributed by atoms with Crippen LogP contribution < -0.4 is 4.90 Å². The van der Waals surface area contributed by atoms with Crippen molar-refractivity contribution in [1.29, 1.82) is 0 Å². The third kappa shape index (κ3) is 4.22. The third-order valence-electron chi connectivity index (χ3n) is 4.57. The molecule has 7 heteroatoms. The molecule has 0 spiro atoms. The van der Waals surface area contributed by atoms with Crippen molar-refractivity contribution in [3.05, 3.63) is 29.8 Å². The lowest BCUT2D eigenvalue weighted by molar-refractivity contribution is -0.146. The average molecular weight is 360 g/mol. The van der Waals surface area contributed by atoms with Crippen LogP contribution in [-0.4, -0.2) is 61.1 Å². The molecular weight excluding hydrogens is 336 g/mol. The summed E-state index contributed by atoms with van der Waals surface area (Å²) in [5.74, 6) is -0.742. The van der Waals surface area contributed by atoms with Gasteiger partial charge < -0.3 is 19.3 Å². The predicted molar refractivity (Wildman–Crippen MR) is 94.9 cm³/mol. The van der Waals surface area contributed by atoms with Crippen LogP contribution in [0.2, 0.25) is 0 Å². The number of hydrogen-bond acceptors (Lipinski definition) is 5. The first-order chi connectivity index (χ1) is 12.4. The summed E-state index contributed by atoms with van der Waals surface area (Å²) in [5, 5.41) is 0. The first-order valence-corrected chi connectivity index (χ1v) is 8.95. The van der Waals surface area contributed by atoms with Gasteiger partial charge in [0.2, 0.25) is 5.91 Å². The van der Waals surface area contributed by atoms with E-state index in [1.807, 2.05) is 13.8 Å². The summed E-state index contributed by atoms with van der Waals surface area (Å²) in [4.78, 5) is 39.7. The number of amides is 2. The second-order valence-electron chi connectivity index (χ2n) is 6.83. The standard InChI is InChI=1S/C19H24N2O5/c1-13-10-20(11-14(2)26-13)18(23)12-25-19(24)15-5-3-6-16(9-15)21-8-4-7-17(21)22/h3,5-6,9,13-14H,4,7-8,10-12H2,1-2H3/t13-,14-/m0/s1. The highest BCUT2D eigenvalue weighted by Crippen LogP contribution is 2.22. The fourth-order valence-corrected chi connectivity index (χ4v) is 3.41. The minimum absolute atomic E-state index is 0.0342. The summed E-state index contributed by atoms with van der Waals surface area (Å²) in [6, 6.07) is 6.76. The molecule has 2 aliphatic rings. The van der Waals surface area contributed by atoms with Crippen LogP contribution in [0.25, 0.3) is 0 Å². The molecule has 1 aromatic rings. The van der Waals surface area contributed by atoms with Gasteiger partial charge in [-0.2, -0.15) is 0 Å². The van der Waals surface area contributed by atoms with Crippen molar-refractivity contribution in [2.24, 2.45) is 0 Å². The van der Waals surface area contributed by atoms with Crippen molar-refractivity contribution in [3.8, 4) is 0 Å². The zero-order valence-corrected chi connectivity index (χ0v) is 15.1. The van der Waals surface area contributed by atoms with E-state index in [-0.39, 0.29) is 30.6 Å². The van der Waals surface area contributed by atoms with Crippen LogP contribution in [0.5, 0.6) is 0 Å². The Morgan fingerprint density at radius 1 is 1.23 bits per heavy atom. The maximum absolute atomic E-state index is 12.3. The van der Waals surface area contributed by atoms with Crippen LogP contribution in [0.15, 0.2) is 24.3 Å². The van der Waals surface area contributed by atoms with Gasteiger partial charge in [-0.1, -0.05) is 6.07 Å². The first-order valence-electron chi connectivity index (χ1n) is 8.95. The summed E-state index contributed by atoms with van der Waals surface area (Å²) in [5.41, 5.74) is 1.02. The Kier molecular flexibility index (Phi) is 5.56. The van der Waals surface area contributed by atoms with E-state index < -0.39 is 5.97 Å². The molecule has 2 heterocycles. The molecule has 0 bridgehead atoms. The number of anilines is 1. The highest BCUT2D eigenvalue weighted by molar-refractivity contribution is 5.97. The molecule has 1 aromatic carbocycles. The van der Waals surface area contributed by atoms with Gasteiger partial charge in [-0.25, -0.2) is 4.79 Å². The van der Waals surface area contributed by atoms with Crippen molar-refractivity contribution in [1.82, 2.24) is 4.90 Å². The molecule has 2 aliphatic heterocycles. The number of morpholine rings is 1. The van der Waals surface area contributed by atoms with Gasteiger partial charge in [-0.3, -0.25) is 9.59 Å². The Labute approximate surface area is 152 Å². The zero-order chi connectivity index (χ0) is 18.7. The molecule has 2 saturated heterocycles. The minimum atomic E-state index is -0.568. The number of hydrogen-bond donors (Lipinski definition) is 0. The molecule has 0 aliphatic carbocycles. The Bertz CT molecular complexity index is 695. The van der Waals surface area contributed by atoms with Gasteiger partial charge >= 0.3 is 5.97 Å². The van der Waals surface area contributed by atoms with Crippen molar-refractivity contribution in [3.63, 3.8) is 0 Å². The molecule has 7 nitrogen and oxygen atoms in total. The molecule has 0 N–H and O–H groups in total. The molecule has 2 fully saturated rings. The smallest absolute Gasteiger partial charge is 0.338 e. The van der Waals surface area contributed by atoms with Crippen LogP contribution in [0, 0.1) is 0 Å². The lowest BCUT2D eigenvalue weighted by Crippen LogP contribution is -2.49. The van der Waals surface area contributed by atoms with Crippen LogP contribution in [-0.2, 0) is 19.1 Å². The Morgan fingerprint density at radius 3 is 2.62 bits per heavy atom. The average Bonchev–Trinajstić information content (AvgIpc) is 3.04. The molecule has 2 atom stereocenters. The van der Waals surface area contributed by atoms with E-state index in [9.17, 15) is 14.4 Å². The van der Waals surface area contributed by atoms with E-state index in [2.05, 4.69) is 0 Å². The van der Waals surface area contributed by atoms with Gasteiger partial charge in [0.15, 0.2) is 6.61 Å². The monoisotopic (exact) mass is 360 g/mol. The number of rotatable bonds is 4. The van der Waals surface area contributed by atoms with Gasteiger partial charge in [0.1, 0.15) is 0 Å². The second kappa shape index (κ2) is 7.86. The van der Waals surface area contributed by atoms with Crippen LogP contribution >= 0.6 is 0 Å². The molecule has 0 saturated carbocycles. The van der Waals surface area contributed by atoms with E-state index in [1.54, 1.807) is 34.1 Å². The van der Waals surface area contributed by atoms with Crippen LogP contribution in [0.4, 0.5) is 5.69 Å². The van der Waals surface area contributed by atoms with Crippen molar-refractivity contribution in [2.75, 3.05) is 31.1 Å². The lowest BCUT2D eigenvalue weighted by atomic mass is 10.2. The molecule has 0 radical (unpaired) electrons. The van der Waals surface area contributed by atoms with Crippen LogP contribution in [0.3, 0.4) is 0 Å². The third-order valence-corrected chi connectivity index (χ3v) is 4.57. The number of nitrogens with zero attached hydrogens (tertiary/aromatic N) is 2. The molecule has 26 heavy (non-hydrogen) atoms. The fraction of sp³-hybridized carbons (Fsp3) is 0.526. The van der Waals surface area contributed by atoms with E-state index in [1.165, 1.54) is 0 Å². The fourth-order valence-electron chi connectivity index (χ4n) is 3.41. The summed E-state index contributed by atoms with van der Waals surface area (Å²) in [7, 11) is 0.